The number of nitrogens with one attached hydrogen (secondary N) is 2. The number of carbonyl (C=O) groups is 3. The molecule has 2 N–H and O–H groups in total. The van der Waals surface area contributed by atoms with Gasteiger partial charge in [0.2, 0.25) is 11.8 Å². The number of amides is 3. The van der Waals surface area contributed by atoms with Crippen molar-refractivity contribution < 1.29 is 14.4 Å². The van der Waals surface area contributed by atoms with Gasteiger partial charge >= 0.3 is 0 Å². The Morgan fingerprint density at radius 1 is 1.21 bits per heavy atom. The molecule has 7 nitrogen and oxygen atoms in total. The first-order valence-corrected chi connectivity index (χ1v) is 9.00. The molecule has 0 unspecified atom stereocenters. The van der Waals surface area contributed by atoms with E-state index in [1.807, 2.05) is 21.2 Å². The number of piperazine rings is 1. The van der Waals surface area contributed by atoms with Gasteiger partial charge in [-0.15, -0.1) is 11.3 Å². The summed E-state index contributed by atoms with van der Waals surface area (Å²) in [6, 6.07) is 3.62. The SMILES string of the molecule is CNC(=O)CN1CCN(C(=O)CCCNC(=O)c2cccs2)CC1. The molecule has 1 saturated heterocycles. The highest BCUT2D eigenvalue weighted by atomic mass is 32.1. The summed E-state index contributed by atoms with van der Waals surface area (Å²) in [5.74, 6) is 0.0245. The number of rotatable bonds is 7. The molecule has 0 atom stereocenters. The van der Waals surface area contributed by atoms with E-state index in [1.165, 1.54) is 11.3 Å². The van der Waals surface area contributed by atoms with Gasteiger partial charge in [-0.1, -0.05) is 6.07 Å². The molecule has 1 aliphatic rings. The first kappa shape index (κ1) is 18.4. The second-order valence-corrected chi connectivity index (χ2v) is 6.61. The van der Waals surface area contributed by atoms with Crippen molar-refractivity contribution >= 4 is 29.1 Å². The molecule has 132 valence electrons. The maximum atomic E-state index is 12.2. The Morgan fingerprint density at radius 3 is 2.58 bits per heavy atom. The van der Waals surface area contributed by atoms with Gasteiger partial charge in [0.05, 0.1) is 11.4 Å². The average molecular weight is 352 g/mol. The van der Waals surface area contributed by atoms with Crippen LogP contribution in [0.2, 0.25) is 0 Å². The Hall–Kier alpha value is -1.93. The van der Waals surface area contributed by atoms with Gasteiger partial charge in [0.25, 0.3) is 5.91 Å². The van der Waals surface area contributed by atoms with E-state index in [0.717, 1.165) is 0 Å². The van der Waals surface area contributed by atoms with Gasteiger partial charge in [-0.2, -0.15) is 0 Å². The highest BCUT2D eigenvalue weighted by molar-refractivity contribution is 7.12. The lowest BCUT2D eigenvalue weighted by molar-refractivity contribution is -0.133. The molecule has 2 heterocycles. The first-order valence-electron chi connectivity index (χ1n) is 8.12. The molecular weight excluding hydrogens is 328 g/mol. The fraction of sp³-hybridized carbons (Fsp3) is 0.562. The predicted molar refractivity (Wildman–Crippen MR) is 93.0 cm³/mol. The quantitative estimate of drug-likeness (QED) is 0.685. The van der Waals surface area contributed by atoms with Crippen LogP contribution in [0.1, 0.15) is 22.5 Å². The Labute approximate surface area is 146 Å². The number of hydrogen-bond acceptors (Lipinski definition) is 5. The molecule has 1 aromatic rings. The second kappa shape index (κ2) is 9.39. The van der Waals surface area contributed by atoms with Gasteiger partial charge in [-0.25, -0.2) is 0 Å². The van der Waals surface area contributed by atoms with Crippen molar-refractivity contribution in [3.8, 4) is 0 Å². The fourth-order valence-corrected chi connectivity index (χ4v) is 3.17. The van der Waals surface area contributed by atoms with E-state index >= 15 is 0 Å². The molecule has 1 aromatic heterocycles. The molecule has 0 radical (unpaired) electrons. The number of carbonyl (C=O) groups excluding carboxylic acids is 3. The first-order chi connectivity index (χ1) is 11.6. The summed E-state index contributed by atoms with van der Waals surface area (Å²) < 4.78 is 0. The zero-order chi connectivity index (χ0) is 17.4. The Balaban J connectivity index is 1.60. The van der Waals surface area contributed by atoms with Crippen LogP contribution in [0.4, 0.5) is 0 Å². The Bertz CT molecular complexity index is 554. The van der Waals surface area contributed by atoms with Crippen molar-refractivity contribution in [2.45, 2.75) is 12.8 Å². The molecule has 24 heavy (non-hydrogen) atoms. The lowest BCUT2D eigenvalue weighted by Gasteiger charge is -2.34. The van der Waals surface area contributed by atoms with Crippen LogP contribution in [-0.4, -0.2) is 73.8 Å². The molecule has 0 aliphatic carbocycles. The average Bonchev–Trinajstić information content (AvgIpc) is 3.13. The third kappa shape index (κ3) is 5.61. The molecule has 0 spiro atoms. The zero-order valence-electron chi connectivity index (χ0n) is 13.9. The van der Waals surface area contributed by atoms with E-state index in [-0.39, 0.29) is 17.7 Å². The van der Waals surface area contributed by atoms with Gasteiger partial charge < -0.3 is 15.5 Å². The maximum Gasteiger partial charge on any atom is 0.261 e. The monoisotopic (exact) mass is 352 g/mol. The molecular formula is C16H24N4O3S. The van der Waals surface area contributed by atoms with Gasteiger partial charge in [-0.3, -0.25) is 19.3 Å². The van der Waals surface area contributed by atoms with Crippen LogP contribution in [-0.2, 0) is 9.59 Å². The van der Waals surface area contributed by atoms with Crippen LogP contribution in [0, 0.1) is 0 Å². The normalized spacial score (nSPS) is 15.1. The zero-order valence-corrected chi connectivity index (χ0v) is 14.7. The summed E-state index contributed by atoms with van der Waals surface area (Å²) in [5, 5.41) is 7.29. The van der Waals surface area contributed by atoms with Crippen molar-refractivity contribution in [2.24, 2.45) is 0 Å². The molecule has 0 bridgehead atoms. The smallest absolute Gasteiger partial charge is 0.261 e. The summed E-state index contributed by atoms with van der Waals surface area (Å²) in [4.78, 5) is 39.9. The molecule has 2 rings (SSSR count). The minimum Gasteiger partial charge on any atom is -0.358 e. The van der Waals surface area contributed by atoms with Crippen LogP contribution >= 0.6 is 11.3 Å². The Kier molecular flexibility index (Phi) is 7.20. The number of likely N-dealkylation sites (N-methyl/N-ethyl adjacent to an activating group) is 1. The van der Waals surface area contributed by atoms with Crippen LogP contribution in [0.5, 0.6) is 0 Å². The highest BCUT2D eigenvalue weighted by Gasteiger charge is 2.21. The standard InChI is InChI=1S/C16H24N4O3S/c1-17-14(21)12-19-7-9-20(10-8-19)15(22)5-2-6-18-16(23)13-4-3-11-24-13/h3-4,11H,2,5-10,12H2,1H3,(H,17,21)(H,18,23). The van der Waals surface area contributed by atoms with E-state index < -0.39 is 0 Å². The summed E-state index contributed by atoms with van der Waals surface area (Å²) in [6.07, 6.45) is 1.06. The summed E-state index contributed by atoms with van der Waals surface area (Å²) >= 11 is 1.40. The van der Waals surface area contributed by atoms with Crippen molar-refractivity contribution in [2.75, 3.05) is 46.3 Å². The molecule has 1 fully saturated rings. The summed E-state index contributed by atoms with van der Waals surface area (Å²) in [5.41, 5.74) is 0. The number of hydrogen-bond donors (Lipinski definition) is 2. The van der Waals surface area contributed by atoms with E-state index in [9.17, 15) is 14.4 Å². The van der Waals surface area contributed by atoms with Crippen molar-refractivity contribution in [3.63, 3.8) is 0 Å². The lowest BCUT2D eigenvalue weighted by Crippen LogP contribution is -2.50. The summed E-state index contributed by atoms with van der Waals surface area (Å²) in [6.45, 7) is 3.61. The van der Waals surface area contributed by atoms with Gasteiger partial charge in [0.1, 0.15) is 0 Å². The molecule has 0 saturated carbocycles. The van der Waals surface area contributed by atoms with Crippen LogP contribution in [0.25, 0.3) is 0 Å². The Morgan fingerprint density at radius 2 is 1.96 bits per heavy atom. The van der Waals surface area contributed by atoms with E-state index in [1.54, 1.807) is 13.1 Å². The topological polar surface area (TPSA) is 81.8 Å². The lowest BCUT2D eigenvalue weighted by atomic mass is 10.2. The van der Waals surface area contributed by atoms with Crippen LogP contribution in [0.15, 0.2) is 17.5 Å². The van der Waals surface area contributed by atoms with Crippen molar-refractivity contribution in [3.05, 3.63) is 22.4 Å². The van der Waals surface area contributed by atoms with Crippen molar-refractivity contribution in [1.82, 2.24) is 20.4 Å². The van der Waals surface area contributed by atoms with Crippen LogP contribution in [0.3, 0.4) is 0 Å². The minimum atomic E-state index is -0.0831. The third-order valence-electron chi connectivity index (χ3n) is 3.97. The van der Waals surface area contributed by atoms with Gasteiger partial charge in [0.15, 0.2) is 0 Å². The molecule has 1 aliphatic heterocycles. The summed E-state index contributed by atoms with van der Waals surface area (Å²) in [7, 11) is 1.62. The fourth-order valence-electron chi connectivity index (χ4n) is 2.53. The molecule has 0 aromatic carbocycles. The largest absolute Gasteiger partial charge is 0.358 e. The number of thiophene rings is 1. The van der Waals surface area contributed by atoms with E-state index in [0.29, 0.717) is 57.0 Å². The minimum absolute atomic E-state index is 0.00346. The van der Waals surface area contributed by atoms with E-state index in [4.69, 9.17) is 0 Å². The highest BCUT2D eigenvalue weighted by Crippen LogP contribution is 2.08. The van der Waals surface area contributed by atoms with E-state index in [2.05, 4.69) is 10.6 Å². The van der Waals surface area contributed by atoms with Gasteiger partial charge in [-0.05, 0) is 17.9 Å². The number of nitrogens with zero attached hydrogens (tertiary/aromatic N) is 2. The third-order valence-corrected chi connectivity index (χ3v) is 4.84. The maximum absolute atomic E-state index is 12.2. The predicted octanol–water partition coefficient (Wildman–Crippen LogP) is 0.148. The second-order valence-electron chi connectivity index (χ2n) is 5.67. The molecule has 8 heteroatoms. The van der Waals surface area contributed by atoms with Gasteiger partial charge in [0, 0.05) is 46.2 Å². The van der Waals surface area contributed by atoms with Crippen molar-refractivity contribution in [1.29, 1.82) is 0 Å². The molecule has 3 amide bonds. The van der Waals surface area contributed by atoms with Crippen LogP contribution < -0.4 is 10.6 Å².